The van der Waals surface area contributed by atoms with Crippen molar-refractivity contribution in [3.63, 3.8) is 0 Å². The highest BCUT2D eigenvalue weighted by Crippen LogP contribution is 2.37. The molecular formula is C16H16N2O3. The normalized spacial score (nSPS) is 27.1. The van der Waals surface area contributed by atoms with Crippen LogP contribution >= 0.6 is 0 Å². The number of hydrogen-bond donors (Lipinski definition) is 2. The molecule has 108 valence electrons. The Morgan fingerprint density at radius 3 is 2.90 bits per heavy atom. The van der Waals surface area contributed by atoms with Crippen molar-refractivity contribution < 1.29 is 14.6 Å². The topological polar surface area (TPSA) is 71.5 Å². The van der Waals surface area contributed by atoms with E-state index < -0.39 is 5.97 Å². The maximum Gasteiger partial charge on any atom is 0.339 e. The Hall–Kier alpha value is -2.14. The Balaban J connectivity index is 1.78. The maximum atomic E-state index is 11.5. The van der Waals surface area contributed by atoms with Crippen LogP contribution in [0.25, 0.3) is 10.9 Å². The highest BCUT2D eigenvalue weighted by atomic mass is 16.5. The van der Waals surface area contributed by atoms with Gasteiger partial charge >= 0.3 is 5.97 Å². The standard InChI is InChI=1S/C16H16N2O3/c19-16(20)11-8-17-12-4-2-1-3-10(12)15(11)18-13-7-9-5-6-14(13)21-9/h1-4,8-9,13-14H,5-7H2,(H,17,18)(H,19,20). The number of fused-ring (bicyclic) bond motifs is 3. The number of aromatic nitrogens is 1. The van der Waals surface area contributed by atoms with Crippen molar-refractivity contribution in [3.05, 3.63) is 36.0 Å². The summed E-state index contributed by atoms with van der Waals surface area (Å²) in [5.74, 6) is -0.958. The second-order valence-electron chi connectivity index (χ2n) is 5.73. The molecule has 2 saturated heterocycles. The summed E-state index contributed by atoms with van der Waals surface area (Å²) in [6.45, 7) is 0. The van der Waals surface area contributed by atoms with Crippen molar-refractivity contribution in [2.24, 2.45) is 0 Å². The number of ether oxygens (including phenoxy) is 1. The first kappa shape index (κ1) is 12.6. The van der Waals surface area contributed by atoms with Crippen LogP contribution in [0.5, 0.6) is 0 Å². The van der Waals surface area contributed by atoms with Crippen molar-refractivity contribution in [3.8, 4) is 0 Å². The number of benzene rings is 1. The Bertz CT molecular complexity index is 716. The van der Waals surface area contributed by atoms with Gasteiger partial charge in [0.25, 0.3) is 0 Å². The van der Waals surface area contributed by atoms with Crippen LogP contribution in [0.4, 0.5) is 5.69 Å². The number of nitrogens with zero attached hydrogens (tertiary/aromatic N) is 1. The lowest BCUT2D eigenvalue weighted by molar-refractivity contribution is 0.0697. The molecular weight excluding hydrogens is 268 g/mol. The van der Waals surface area contributed by atoms with E-state index in [-0.39, 0.29) is 17.7 Å². The van der Waals surface area contributed by atoms with E-state index in [4.69, 9.17) is 4.74 Å². The minimum absolute atomic E-state index is 0.188. The zero-order valence-corrected chi connectivity index (χ0v) is 11.5. The third-order valence-corrected chi connectivity index (χ3v) is 4.44. The van der Waals surface area contributed by atoms with E-state index >= 15 is 0 Å². The van der Waals surface area contributed by atoms with Crippen LogP contribution in [0, 0.1) is 0 Å². The molecule has 21 heavy (non-hydrogen) atoms. The molecule has 0 radical (unpaired) electrons. The highest BCUT2D eigenvalue weighted by molar-refractivity contribution is 6.04. The fourth-order valence-corrected chi connectivity index (χ4v) is 3.43. The molecule has 2 aliphatic heterocycles. The summed E-state index contributed by atoms with van der Waals surface area (Å²) in [6.07, 6.45) is 5.07. The van der Waals surface area contributed by atoms with Gasteiger partial charge in [-0.1, -0.05) is 18.2 Å². The third-order valence-electron chi connectivity index (χ3n) is 4.44. The van der Waals surface area contributed by atoms with Crippen molar-refractivity contribution in [1.29, 1.82) is 0 Å². The lowest BCUT2D eigenvalue weighted by Gasteiger charge is -2.23. The first-order valence-corrected chi connectivity index (χ1v) is 7.25. The minimum Gasteiger partial charge on any atom is -0.478 e. The molecule has 2 aromatic rings. The van der Waals surface area contributed by atoms with E-state index in [1.165, 1.54) is 6.20 Å². The van der Waals surface area contributed by atoms with Gasteiger partial charge in [0.05, 0.1) is 29.5 Å². The summed E-state index contributed by atoms with van der Waals surface area (Å²) < 4.78 is 5.84. The molecule has 0 amide bonds. The van der Waals surface area contributed by atoms with Gasteiger partial charge in [0.15, 0.2) is 0 Å². The number of carboxylic acids is 1. The Morgan fingerprint density at radius 1 is 1.33 bits per heavy atom. The Kier molecular flexibility index (Phi) is 2.82. The molecule has 0 saturated carbocycles. The highest BCUT2D eigenvalue weighted by Gasteiger charge is 2.41. The quantitative estimate of drug-likeness (QED) is 0.906. The molecule has 2 bridgehead atoms. The third kappa shape index (κ3) is 2.05. The van der Waals surface area contributed by atoms with Crippen LogP contribution in [0.3, 0.4) is 0 Å². The number of carboxylic acid groups (broad SMARTS) is 1. The average molecular weight is 284 g/mol. The molecule has 0 aliphatic carbocycles. The summed E-state index contributed by atoms with van der Waals surface area (Å²) in [6, 6.07) is 7.79. The van der Waals surface area contributed by atoms with E-state index in [0.29, 0.717) is 11.8 Å². The molecule has 0 spiro atoms. The zero-order chi connectivity index (χ0) is 14.4. The molecule has 1 aromatic carbocycles. The lowest BCUT2D eigenvalue weighted by Crippen LogP contribution is -2.31. The molecule has 3 heterocycles. The molecule has 2 N–H and O–H groups in total. The van der Waals surface area contributed by atoms with Gasteiger partial charge in [-0.05, 0) is 25.3 Å². The van der Waals surface area contributed by atoms with E-state index in [1.807, 2.05) is 24.3 Å². The molecule has 4 rings (SSSR count). The first-order valence-electron chi connectivity index (χ1n) is 7.25. The number of pyridine rings is 1. The number of anilines is 1. The molecule has 3 atom stereocenters. The van der Waals surface area contributed by atoms with Gasteiger partial charge in [-0.2, -0.15) is 0 Å². The van der Waals surface area contributed by atoms with E-state index in [2.05, 4.69) is 10.3 Å². The zero-order valence-electron chi connectivity index (χ0n) is 11.5. The van der Waals surface area contributed by atoms with Crippen LogP contribution in [-0.4, -0.2) is 34.3 Å². The van der Waals surface area contributed by atoms with Crippen LogP contribution in [0.1, 0.15) is 29.6 Å². The number of para-hydroxylation sites is 1. The maximum absolute atomic E-state index is 11.5. The summed E-state index contributed by atoms with van der Waals surface area (Å²) in [4.78, 5) is 15.7. The molecule has 5 heteroatoms. The number of hydrogen-bond acceptors (Lipinski definition) is 4. The van der Waals surface area contributed by atoms with Crippen molar-refractivity contribution in [2.45, 2.75) is 37.5 Å². The predicted octanol–water partition coefficient (Wildman–Crippen LogP) is 2.66. The van der Waals surface area contributed by atoms with Gasteiger partial charge in [0.2, 0.25) is 0 Å². The van der Waals surface area contributed by atoms with Crippen molar-refractivity contribution in [2.75, 3.05) is 5.32 Å². The fraction of sp³-hybridized carbons (Fsp3) is 0.375. The SMILES string of the molecule is O=C(O)c1cnc2ccccc2c1NC1CC2CCC1O2. The summed E-state index contributed by atoms with van der Waals surface area (Å²) in [5.41, 5.74) is 1.68. The molecule has 3 unspecified atom stereocenters. The molecule has 2 aliphatic rings. The average Bonchev–Trinajstić information content (AvgIpc) is 3.10. The lowest BCUT2D eigenvalue weighted by atomic mass is 9.94. The molecule has 2 fully saturated rings. The summed E-state index contributed by atoms with van der Waals surface area (Å²) >= 11 is 0. The molecule has 1 aromatic heterocycles. The van der Waals surface area contributed by atoms with E-state index in [9.17, 15) is 9.90 Å². The van der Waals surface area contributed by atoms with E-state index in [0.717, 1.165) is 30.2 Å². The second kappa shape index (κ2) is 4.70. The smallest absolute Gasteiger partial charge is 0.339 e. The number of carbonyl (C=O) groups is 1. The van der Waals surface area contributed by atoms with Crippen molar-refractivity contribution >= 4 is 22.6 Å². The van der Waals surface area contributed by atoms with E-state index in [1.54, 1.807) is 0 Å². The minimum atomic E-state index is -0.958. The van der Waals surface area contributed by atoms with Gasteiger partial charge in [-0.25, -0.2) is 4.79 Å². The van der Waals surface area contributed by atoms with Gasteiger partial charge in [0.1, 0.15) is 5.56 Å². The molecule has 5 nitrogen and oxygen atoms in total. The first-order chi connectivity index (χ1) is 10.2. The van der Waals surface area contributed by atoms with Crippen LogP contribution in [0.15, 0.2) is 30.5 Å². The number of rotatable bonds is 3. The van der Waals surface area contributed by atoms with Crippen molar-refractivity contribution in [1.82, 2.24) is 4.98 Å². The van der Waals surface area contributed by atoms with Crippen LogP contribution < -0.4 is 5.32 Å². The summed E-state index contributed by atoms with van der Waals surface area (Å²) in [7, 11) is 0. The van der Waals surface area contributed by atoms with Gasteiger partial charge < -0.3 is 15.2 Å². The predicted molar refractivity (Wildman–Crippen MR) is 78.6 cm³/mol. The van der Waals surface area contributed by atoms with Gasteiger partial charge in [-0.15, -0.1) is 0 Å². The second-order valence-corrected chi connectivity index (χ2v) is 5.73. The summed E-state index contributed by atoms with van der Waals surface area (Å²) in [5, 5.41) is 13.7. The largest absolute Gasteiger partial charge is 0.478 e. The van der Waals surface area contributed by atoms with Crippen LogP contribution in [-0.2, 0) is 4.74 Å². The monoisotopic (exact) mass is 284 g/mol. The van der Waals surface area contributed by atoms with Crippen LogP contribution in [0.2, 0.25) is 0 Å². The fourth-order valence-electron chi connectivity index (χ4n) is 3.43. The number of aromatic carboxylic acids is 1. The Morgan fingerprint density at radius 2 is 2.19 bits per heavy atom. The van der Waals surface area contributed by atoms with Gasteiger partial charge in [0, 0.05) is 11.6 Å². The number of nitrogens with one attached hydrogen (secondary N) is 1. The van der Waals surface area contributed by atoms with Gasteiger partial charge in [-0.3, -0.25) is 4.98 Å². The Labute approximate surface area is 121 Å².